The Morgan fingerprint density at radius 1 is 1.42 bits per heavy atom. The van der Waals surface area contributed by atoms with Gasteiger partial charge in [0.05, 0.1) is 16.2 Å². The van der Waals surface area contributed by atoms with Crippen LogP contribution in [0.5, 0.6) is 0 Å². The molecule has 1 aromatic carbocycles. The number of carbonyl (C=O) groups is 2. The summed E-state index contributed by atoms with van der Waals surface area (Å²) >= 11 is 1.34. The average molecular weight is 379 g/mol. The van der Waals surface area contributed by atoms with Crippen LogP contribution in [0.4, 0.5) is 14.9 Å². The molecule has 2 amide bonds. The van der Waals surface area contributed by atoms with Crippen LogP contribution >= 0.6 is 11.8 Å². The van der Waals surface area contributed by atoms with E-state index in [4.69, 9.17) is 10.00 Å². The number of rotatable bonds is 2. The quantitative estimate of drug-likeness (QED) is 0.847. The second-order valence-electron chi connectivity index (χ2n) is 7.26. The van der Waals surface area contributed by atoms with Gasteiger partial charge in [0, 0.05) is 12.2 Å². The van der Waals surface area contributed by atoms with Crippen LogP contribution in [0.3, 0.4) is 0 Å². The minimum absolute atomic E-state index is 0.125. The first kappa shape index (κ1) is 20.0. The monoisotopic (exact) mass is 379 g/mol. The summed E-state index contributed by atoms with van der Waals surface area (Å²) in [7, 11) is 0. The minimum atomic E-state index is -0.736. The van der Waals surface area contributed by atoms with Gasteiger partial charge >= 0.3 is 6.09 Å². The number of nitrogens with one attached hydrogen (secondary N) is 1. The van der Waals surface area contributed by atoms with Crippen LogP contribution in [-0.2, 0) is 9.53 Å². The highest BCUT2D eigenvalue weighted by Crippen LogP contribution is 2.35. The maximum Gasteiger partial charge on any atom is 0.410 e. The topological polar surface area (TPSA) is 82.4 Å². The summed E-state index contributed by atoms with van der Waals surface area (Å²) in [5.41, 5.74) is -0.328. The van der Waals surface area contributed by atoms with Crippen LogP contribution in [0.15, 0.2) is 18.2 Å². The summed E-state index contributed by atoms with van der Waals surface area (Å²) in [6.07, 6.45) is 0.0549. The third-order valence-electron chi connectivity index (χ3n) is 3.87. The van der Waals surface area contributed by atoms with Gasteiger partial charge in [-0.15, -0.1) is 11.8 Å². The smallest absolute Gasteiger partial charge is 0.410 e. The molecule has 1 aliphatic heterocycles. The van der Waals surface area contributed by atoms with Gasteiger partial charge in [0.25, 0.3) is 0 Å². The fraction of sp³-hybridized carbons (Fsp3) is 0.500. The van der Waals surface area contributed by atoms with Crippen molar-refractivity contribution in [2.45, 2.75) is 44.5 Å². The lowest BCUT2D eigenvalue weighted by molar-refractivity contribution is -0.118. The molecule has 0 aromatic heterocycles. The van der Waals surface area contributed by atoms with Crippen LogP contribution in [0, 0.1) is 17.1 Å². The molecule has 6 nitrogen and oxygen atoms in total. The summed E-state index contributed by atoms with van der Waals surface area (Å²) < 4.78 is 18.0. The SMILES string of the molecule is CC(C)(C)OC(=O)N1CCC(C)(C(=O)Nc2ccc(F)c(C#N)c2)SC1. The second kappa shape index (κ2) is 7.54. The molecule has 1 saturated heterocycles. The molecule has 1 unspecified atom stereocenters. The van der Waals surface area contributed by atoms with Gasteiger partial charge < -0.3 is 10.1 Å². The Morgan fingerprint density at radius 3 is 2.65 bits per heavy atom. The zero-order valence-electron chi connectivity index (χ0n) is 15.3. The van der Waals surface area contributed by atoms with Crippen molar-refractivity contribution in [3.8, 4) is 6.07 Å². The van der Waals surface area contributed by atoms with Crippen molar-refractivity contribution in [3.63, 3.8) is 0 Å². The number of hydrogen-bond acceptors (Lipinski definition) is 5. The van der Waals surface area contributed by atoms with Crippen molar-refractivity contribution < 1.29 is 18.7 Å². The van der Waals surface area contributed by atoms with Crippen LogP contribution in [0.1, 0.15) is 39.7 Å². The summed E-state index contributed by atoms with van der Waals surface area (Å²) in [5, 5.41) is 11.6. The first-order valence-electron chi connectivity index (χ1n) is 8.17. The molecule has 1 aromatic rings. The van der Waals surface area contributed by atoms with E-state index in [9.17, 15) is 14.0 Å². The fourth-order valence-corrected chi connectivity index (χ4v) is 3.40. The molecule has 0 spiro atoms. The van der Waals surface area contributed by atoms with Gasteiger partial charge in [-0.25, -0.2) is 9.18 Å². The number of halogens is 1. The maximum atomic E-state index is 13.4. The zero-order valence-corrected chi connectivity index (χ0v) is 16.1. The molecule has 1 N–H and O–H groups in total. The number of nitriles is 1. The molecule has 2 rings (SSSR count). The number of amides is 2. The molecule has 140 valence electrons. The molecule has 1 fully saturated rings. The van der Waals surface area contributed by atoms with Crippen molar-refractivity contribution in [2.75, 3.05) is 17.7 Å². The molecule has 8 heteroatoms. The lowest BCUT2D eigenvalue weighted by Gasteiger charge is -2.38. The maximum absolute atomic E-state index is 13.4. The van der Waals surface area contributed by atoms with E-state index in [-0.39, 0.29) is 11.5 Å². The van der Waals surface area contributed by atoms with Gasteiger partial charge in [0.15, 0.2) is 0 Å². The van der Waals surface area contributed by atoms with Crippen molar-refractivity contribution >= 4 is 29.4 Å². The number of anilines is 1. The Morgan fingerprint density at radius 2 is 2.12 bits per heavy atom. The van der Waals surface area contributed by atoms with E-state index in [2.05, 4.69) is 5.32 Å². The van der Waals surface area contributed by atoms with Crippen molar-refractivity contribution in [3.05, 3.63) is 29.6 Å². The van der Waals surface area contributed by atoms with Gasteiger partial charge in [0.2, 0.25) is 5.91 Å². The number of thioether (sulfide) groups is 1. The molecule has 0 aliphatic carbocycles. The third kappa shape index (κ3) is 4.88. The average Bonchev–Trinajstić information content (AvgIpc) is 2.55. The highest BCUT2D eigenvalue weighted by Gasteiger charge is 2.40. The standard InChI is InChI=1S/C18H22FN3O3S/c1-17(2,3)25-16(24)22-8-7-18(4,26-11-22)15(23)21-13-5-6-14(19)12(9-13)10-20/h5-6,9H,7-8,11H2,1-4H3,(H,21,23). The normalized spacial score (nSPS) is 20.2. The van der Waals surface area contributed by atoms with Crippen LogP contribution < -0.4 is 5.32 Å². The first-order valence-corrected chi connectivity index (χ1v) is 9.16. The summed E-state index contributed by atoms with van der Waals surface area (Å²) in [4.78, 5) is 26.3. The second-order valence-corrected chi connectivity index (χ2v) is 8.71. The van der Waals surface area contributed by atoms with E-state index in [1.807, 2.05) is 0 Å². The fourth-order valence-electron chi connectivity index (χ4n) is 2.31. The van der Waals surface area contributed by atoms with Crippen molar-refractivity contribution in [1.29, 1.82) is 5.26 Å². The third-order valence-corrected chi connectivity index (χ3v) is 5.34. The lowest BCUT2D eigenvalue weighted by Crippen LogP contribution is -2.48. The van der Waals surface area contributed by atoms with E-state index in [0.29, 0.717) is 24.5 Å². The number of ether oxygens (including phenoxy) is 1. The van der Waals surface area contributed by atoms with Crippen LogP contribution in [0.2, 0.25) is 0 Å². The van der Waals surface area contributed by atoms with Gasteiger partial charge in [0.1, 0.15) is 17.5 Å². The van der Waals surface area contributed by atoms with Gasteiger partial charge in [-0.3, -0.25) is 9.69 Å². The number of carbonyl (C=O) groups excluding carboxylic acids is 2. The van der Waals surface area contributed by atoms with Gasteiger partial charge in [-0.05, 0) is 52.3 Å². The van der Waals surface area contributed by atoms with E-state index in [0.717, 1.165) is 6.07 Å². The van der Waals surface area contributed by atoms with Crippen LogP contribution in [0.25, 0.3) is 0 Å². The molecule has 0 radical (unpaired) electrons. The molecule has 0 bridgehead atoms. The Labute approximate surface area is 156 Å². The molecular formula is C18H22FN3O3S. The van der Waals surface area contributed by atoms with E-state index < -0.39 is 22.3 Å². The van der Waals surface area contributed by atoms with Gasteiger partial charge in [-0.2, -0.15) is 5.26 Å². The highest BCUT2D eigenvalue weighted by molar-refractivity contribution is 8.01. The largest absolute Gasteiger partial charge is 0.444 e. The zero-order chi connectivity index (χ0) is 19.5. The molecule has 26 heavy (non-hydrogen) atoms. The summed E-state index contributed by atoms with van der Waals surface area (Å²) in [5.74, 6) is -0.537. The van der Waals surface area contributed by atoms with Crippen molar-refractivity contribution in [2.24, 2.45) is 0 Å². The van der Waals surface area contributed by atoms with Crippen LogP contribution in [-0.4, -0.2) is 39.7 Å². The predicted octanol–water partition coefficient (Wildman–Crippen LogP) is 3.73. The summed E-state index contributed by atoms with van der Waals surface area (Å²) in [6.45, 7) is 7.61. The molecule has 1 aliphatic rings. The van der Waals surface area contributed by atoms with E-state index >= 15 is 0 Å². The van der Waals surface area contributed by atoms with E-state index in [1.54, 1.807) is 38.7 Å². The molecule has 0 saturated carbocycles. The molecular weight excluding hydrogens is 357 g/mol. The minimum Gasteiger partial charge on any atom is -0.444 e. The Balaban J connectivity index is 1.98. The van der Waals surface area contributed by atoms with Gasteiger partial charge in [-0.1, -0.05) is 0 Å². The molecule has 1 heterocycles. The summed E-state index contributed by atoms with van der Waals surface area (Å²) in [6, 6.07) is 5.61. The lowest BCUT2D eigenvalue weighted by atomic mass is 10.0. The van der Waals surface area contributed by atoms with E-state index in [1.165, 1.54) is 23.9 Å². The molecule has 1 atom stereocenters. The number of hydrogen-bond donors (Lipinski definition) is 1. The Hall–Kier alpha value is -2.27. The number of benzene rings is 1. The number of nitrogens with zero attached hydrogens (tertiary/aromatic N) is 2. The first-order chi connectivity index (χ1) is 12.0. The predicted molar refractivity (Wildman–Crippen MR) is 98.2 cm³/mol. The Bertz CT molecular complexity index is 747. The highest BCUT2D eigenvalue weighted by atomic mass is 32.2. The van der Waals surface area contributed by atoms with Crippen molar-refractivity contribution in [1.82, 2.24) is 4.90 Å². The Kier molecular flexibility index (Phi) is 5.81.